The first-order valence-electron chi connectivity index (χ1n) is 13.3. The van der Waals surface area contributed by atoms with Crippen molar-refractivity contribution in [2.75, 3.05) is 0 Å². The molecule has 0 fully saturated rings. The Morgan fingerprint density at radius 3 is 1.43 bits per heavy atom. The maximum Gasteiger partial charge on any atom is 0.314 e. The zero-order valence-corrected chi connectivity index (χ0v) is 29.8. The van der Waals surface area contributed by atoms with Gasteiger partial charge in [0.05, 0.1) is 11.6 Å². The third-order valence-electron chi connectivity index (χ3n) is 6.20. The molecule has 2 aromatic carbocycles. The summed E-state index contributed by atoms with van der Waals surface area (Å²) in [6.45, 7) is 24.2. The van der Waals surface area contributed by atoms with E-state index in [-0.39, 0.29) is 0 Å². The molecular weight excluding hydrogens is 543 g/mol. The number of hydrogen-bond donors (Lipinski definition) is 0. The highest BCUT2D eigenvalue weighted by Gasteiger charge is 2.45. The smallest absolute Gasteiger partial charge is 0.314 e. The van der Waals surface area contributed by atoms with Crippen molar-refractivity contribution >= 4 is 42.3 Å². The summed E-state index contributed by atoms with van der Waals surface area (Å²) in [6, 6.07) is 20.7. The summed E-state index contributed by atoms with van der Waals surface area (Å²) < 4.78 is 26.7. The maximum absolute atomic E-state index is 9.01. The lowest BCUT2D eigenvalue weighted by atomic mass is 10.0. The van der Waals surface area contributed by atoms with Gasteiger partial charge in [0, 0.05) is 0 Å². The summed E-state index contributed by atoms with van der Waals surface area (Å²) >= 11 is 0. The van der Waals surface area contributed by atoms with Crippen LogP contribution in [0.5, 0.6) is 0 Å². The molecule has 0 saturated carbocycles. The van der Waals surface area contributed by atoms with Gasteiger partial charge in [0.25, 0.3) is 0 Å². The van der Waals surface area contributed by atoms with E-state index in [0.29, 0.717) is 5.56 Å². The van der Waals surface area contributed by atoms with Crippen LogP contribution in [0.2, 0.25) is 77.6 Å². The summed E-state index contributed by atoms with van der Waals surface area (Å²) in [4.78, 5) is 0. The quantitative estimate of drug-likeness (QED) is 0.220. The molecule has 0 heterocycles. The number of nitrogens with zero attached hydrogens (tertiary/aromatic N) is 1. The Bertz CT molecular complexity index is 1060. The van der Waals surface area contributed by atoms with Gasteiger partial charge in [-0.2, -0.15) is 5.26 Å². The van der Waals surface area contributed by atoms with Crippen LogP contribution in [-0.4, -0.2) is 42.3 Å². The second-order valence-corrected chi connectivity index (χ2v) is 32.3. The Morgan fingerprint density at radius 1 is 0.595 bits per heavy atom. The molecule has 2 rings (SSSR count). The fourth-order valence-corrected chi connectivity index (χ4v) is 28.4. The molecule has 0 bridgehead atoms. The molecule has 0 unspecified atom stereocenters. The van der Waals surface area contributed by atoms with Gasteiger partial charge >= 0.3 is 25.7 Å². The number of benzene rings is 2. The summed E-state index contributed by atoms with van der Waals surface area (Å²) in [5.74, 6) is 0. The topological polar surface area (TPSA) is 60.7 Å². The van der Waals surface area contributed by atoms with E-state index in [4.69, 9.17) is 21.7 Å². The number of hydrogen-bond acceptors (Lipinski definition) is 5. The van der Waals surface area contributed by atoms with Crippen LogP contribution in [0.25, 0.3) is 11.1 Å². The Balaban J connectivity index is 1.96. The van der Waals surface area contributed by atoms with Crippen LogP contribution in [0.3, 0.4) is 0 Å². The molecule has 0 atom stereocenters. The van der Waals surface area contributed by atoms with Gasteiger partial charge in [0.1, 0.15) is 0 Å². The monoisotopic (exact) mass is 589 g/mol. The largest absolute Gasteiger partial charge is 0.436 e. The summed E-state index contributed by atoms with van der Waals surface area (Å²) in [5, 5.41) is 9.01. The molecule has 2 aromatic rings. The highest BCUT2D eigenvalue weighted by molar-refractivity contribution is 6.90. The van der Waals surface area contributed by atoms with Gasteiger partial charge in [-0.3, -0.25) is 0 Å². The molecule has 0 aromatic heterocycles. The second kappa shape index (κ2) is 12.4. The predicted octanol–water partition coefficient (Wildman–Crippen LogP) is 8.37. The van der Waals surface area contributed by atoms with Gasteiger partial charge in [0.2, 0.25) is 0 Å². The van der Waals surface area contributed by atoms with Gasteiger partial charge in [-0.15, -0.1) is 0 Å². The number of aryl methyl sites for hydroxylation is 1. The molecular formula is C27H47NO4Si5. The molecule has 10 heteroatoms. The van der Waals surface area contributed by atoms with Crippen LogP contribution in [0.15, 0.2) is 48.5 Å². The predicted molar refractivity (Wildman–Crippen MR) is 167 cm³/mol. The van der Waals surface area contributed by atoms with Crippen molar-refractivity contribution in [1.29, 1.82) is 5.26 Å². The van der Waals surface area contributed by atoms with Gasteiger partial charge < -0.3 is 16.5 Å². The number of rotatable bonds is 13. The van der Waals surface area contributed by atoms with E-state index in [1.807, 2.05) is 24.3 Å². The van der Waals surface area contributed by atoms with Gasteiger partial charge in [-0.1, -0.05) is 43.3 Å². The second-order valence-electron chi connectivity index (χ2n) is 12.4. The van der Waals surface area contributed by atoms with Crippen LogP contribution in [0, 0.1) is 11.3 Å². The van der Waals surface area contributed by atoms with Crippen LogP contribution >= 0.6 is 0 Å². The Kier molecular flexibility index (Phi) is 10.7. The Hall–Kier alpha value is -1.15. The minimum atomic E-state index is -2.42. The minimum absolute atomic E-state index is 0.682. The zero-order chi connectivity index (χ0) is 28.1. The van der Waals surface area contributed by atoms with Crippen molar-refractivity contribution in [3.63, 3.8) is 0 Å². The van der Waals surface area contributed by atoms with Crippen LogP contribution in [0.1, 0.15) is 18.1 Å². The lowest BCUT2D eigenvalue weighted by Gasteiger charge is -2.42. The first kappa shape index (κ1) is 32.1. The maximum atomic E-state index is 9.01. The minimum Gasteiger partial charge on any atom is -0.436 e. The molecule has 0 spiro atoms. The normalized spacial score (nSPS) is 13.5. The van der Waals surface area contributed by atoms with Crippen molar-refractivity contribution in [2.45, 2.75) is 90.9 Å². The highest BCUT2D eigenvalue weighted by atomic mass is 28.5. The average Bonchev–Trinajstić information content (AvgIpc) is 2.75. The van der Waals surface area contributed by atoms with Gasteiger partial charge in [-0.25, -0.2) is 0 Å². The number of nitriles is 1. The first-order chi connectivity index (χ1) is 16.9. The highest BCUT2D eigenvalue weighted by Crippen LogP contribution is 2.28. The molecule has 0 radical (unpaired) electrons. The van der Waals surface area contributed by atoms with E-state index in [1.54, 1.807) is 0 Å². The van der Waals surface area contributed by atoms with Crippen LogP contribution in [0.4, 0.5) is 0 Å². The Morgan fingerprint density at radius 2 is 1.00 bits per heavy atom. The average molecular weight is 590 g/mol. The summed E-state index contributed by atoms with van der Waals surface area (Å²) in [7, 11) is -10.7. The molecule has 0 saturated heterocycles. The van der Waals surface area contributed by atoms with Crippen molar-refractivity contribution in [1.82, 2.24) is 0 Å². The SMILES string of the molecule is CC[Si](C)(C)O[Si](C)(C)O[Si](C)(C)O[Si](C)(C)O[Si](C)(C)CCc1ccc(-c2ccc(C#N)cc2)cc1. The van der Waals surface area contributed by atoms with E-state index in [0.717, 1.165) is 29.6 Å². The fraction of sp³-hybridized carbons (Fsp3) is 0.519. The summed E-state index contributed by atoms with van der Waals surface area (Å²) in [6.07, 6.45) is 0.985. The van der Waals surface area contributed by atoms with Crippen LogP contribution < -0.4 is 0 Å². The molecule has 0 aliphatic rings. The molecule has 0 aliphatic carbocycles. The first-order valence-corrected chi connectivity index (χ1v) is 27.9. The molecule has 0 amide bonds. The van der Waals surface area contributed by atoms with E-state index in [9.17, 15) is 0 Å². The molecule has 0 aliphatic heterocycles. The molecule has 37 heavy (non-hydrogen) atoms. The van der Waals surface area contributed by atoms with Crippen molar-refractivity contribution in [3.8, 4) is 17.2 Å². The van der Waals surface area contributed by atoms with E-state index in [2.05, 4.69) is 103 Å². The molecule has 204 valence electrons. The lowest BCUT2D eigenvalue weighted by Crippen LogP contribution is -2.58. The Labute approximate surface area is 231 Å². The van der Waals surface area contributed by atoms with E-state index >= 15 is 0 Å². The van der Waals surface area contributed by atoms with Gasteiger partial charge in [0.15, 0.2) is 16.6 Å². The zero-order valence-electron chi connectivity index (χ0n) is 24.8. The standard InChI is InChI=1S/C27H47NO4Si5/c1-12-33(2,3)29-35(6,7)31-37(10,11)32-36(8,9)30-34(4,5)22-21-24-13-17-26(18-14-24)27-19-15-25(23-28)16-20-27/h13-20H,12,21-22H2,1-11H3. The molecule has 0 N–H and O–H groups in total. The van der Waals surface area contributed by atoms with Crippen molar-refractivity contribution < 1.29 is 16.5 Å². The fourth-order valence-electron chi connectivity index (χ4n) is 4.75. The lowest BCUT2D eigenvalue weighted by molar-refractivity contribution is 0.298. The van der Waals surface area contributed by atoms with E-state index in [1.165, 1.54) is 5.56 Å². The van der Waals surface area contributed by atoms with Gasteiger partial charge in [-0.05, 0) is 113 Å². The van der Waals surface area contributed by atoms with Crippen molar-refractivity contribution in [3.05, 3.63) is 59.7 Å². The summed E-state index contributed by atoms with van der Waals surface area (Å²) in [5.41, 5.74) is 4.28. The third-order valence-corrected chi connectivity index (χ3v) is 25.6. The molecule has 5 nitrogen and oxygen atoms in total. The van der Waals surface area contributed by atoms with Crippen LogP contribution in [-0.2, 0) is 22.9 Å². The third kappa shape index (κ3) is 11.2. The van der Waals surface area contributed by atoms with E-state index < -0.39 is 42.3 Å². The van der Waals surface area contributed by atoms with Crippen molar-refractivity contribution in [2.24, 2.45) is 0 Å².